The third kappa shape index (κ3) is 3.48. The van der Waals surface area contributed by atoms with Gasteiger partial charge in [-0.15, -0.1) is 0 Å². The minimum atomic E-state index is -0.462. The van der Waals surface area contributed by atoms with Crippen LogP contribution in [0.1, 0.15) is 37.1 Å². The van der Waals surface area contributed by atoms with Gasteiger partial charge < -0.3 is 5.32 Å². The third-order valence-corrected chi connectivity index (χ3v) is 3.83. The summed E-state index contributed by atoms with van der Waals surface area (Å²) in [5, 5.41) is 3.87. The van der Waals surface area contributed by atoms with Crippen molar-refractivity contribution in [2.45, 2.75) is 25.9 Å². The maximum atomic E-state index is 13.6. The Bertz CT molecular complexity index is 590. The number of halogens is 3. The number of hydrogen-bond acceptors (Lipinski definition) is 2. The Morgan fingerprint density at radius 3 is 2.35 bits per heavy atom. The van der Waals surface area contributed by atoms with Crippen LogP contribution < -0.4 is 5.32 Å². The molecule has 2 rings (SSSR count). The van der Waals surface area contributed by atoms with Crippen molar-refractivity contribution in [3.05, 3.63) is 63.6 Å². The van der Waals surface area contributed by atoms with Gasteiger partial charge in [0.15, 0.2) is 0 Å². The van der Waals surface area contributed by atoms with E-state index < -0.39 is 5.82 Å². The van der Waals surface area contributed by atoms with E-state index in [1.54, 1.807) is 12.4 Å². The zero-order chi connectivity index (χ0) is 14.7. The molecule has 2 atom stereocenters. The highest BCUT2D eigenvalue weighted by Crippen LogP contribution is 2.29. The number of aromatic nitrogens is 1. The van der Waals surface area contributed by atoms with Crippen molar-refractivity contribution in [3.8, 4) is 0 Å². The van der Waals surface area contributed by atoms with Gasteiger partial charge in [-0.05, 0) is 49.2 Å². The SMILES string of the molecule is CC(NC(C)c1cc(F)c(Cl)cc1Cl)c1ccncc1. The van der Waals surface area contributed by atoms with Crippen molar-refractivity contribution in [2.24, 2.45) is 0 Å². The van der Waals surface area contributed by atoms with Crippen LogP contribution >= 0.6 is 23.2 Å². The summed E-state index contributed by atoms with van der Waals surface area (Å²) >= 11 is 11.8. The van der Waals surface area contributed by atoms with Crippen molar-refractivity contribution >= 4 is 23.2 Å². The molecule has 0 saturated carbocycles. The molecule has 2 nitrogen and oxygen atoms in total. The van der Waals surface area contributed by atoms with Crippen molar-refractivity contribution in [3.63, 3.8) is 0 Å². The van der Waals surface area contributed by atoms with Crippen molar-refractivity contribution < 1.29 is 4.39 Å². The molecule has 0 fully saturated rings. The summed E-state index contributed by atoms with van der Waals surface area (Å²) in [4.78, 5) is 3.99. The quantitative estimate of drug-likeness (QED) is 0.809. The number of rotatable bonds is 4. The first-order valence-corrected chi connectivity index (χ1v) is 7.05. The van der Waals surface area contributed by atoms with E-state index in [2.05, 4.69) is 10.3 Å². The molecule has 1 heterocycles. The molecule has 2 unspecified atom stereocenters. The molecule has 0 amide bonds. The first-order valence-electron chi connectivity index (χ1n) is 6.29. The highest BCUT2D eigenvalue weighted by atomic mass is 35.5. The van der Waals surface area contributed by atoms with Gasteiger partial charge in [-0.1, -0.05) is 23.2 Å². The lowest BCUT2D eigenvalue weighted by atomic mass is 10.0. The summed E-state index contributed by atoms with van der Waals surface area (Å²) in [6, 6.07) is 6.69. The highest BCUT2D eigenvalue weighted by molar-refractivity contribution is 6.35. The Balaban J connectivity index is 2.16. The van der Waals surface area contributed by atoms with Gasteiger partial charge in [0.05, 0.1) is 5.02 Å². The summed E-state index contributed by atoms with van der Waals surface area (Å²) in [6.45, 7) is 3.97. The maximum Gasteiger partial charge on any atom is 0.142 e. The summed E-state index contributed by atoms with van der Waals surface area (Å²) in [6.07, 6.45) is 3.49. The van der Waals surface area contributed by atoms with Crippen LogP contribution in [-0.2, 0) is 0 Å². The summed E-state index contributed by atoms with van der Waals surface area (Å²) in [5.41, 5.74) is 1.80. The number of hydrogen-bond donors (Lipinski definition) is 1. The molecule has 1 aromatic heterocycles. The lowest BCUT2D eigenvalue weighted by Crippen LogP contribution is -2.22. The van der Waals surface area contributed by atoms with Gasteiger partial charge in [-0.3, -0.25) is 4.98 Å². The van der Waals surface area contributed by atoms with Gasteiger partial charge in [-0.25, -0.2) is 4.39 Å². The molecule has 0 aliphatic carbocycles. The number of nitrogens with one attached hydrogen (secondary N) is 1. The Morgan fingerprint density at radius 2 is 1.70 bits per heavy atom. The summed E-state index contributed by atoms with van der Waals surface area (Å²) in [5.74, 6) is -0.462. The van der Waals surface area contributed by atoms with Crippen LogP contribution in [0.2, 0.25) is 10.0 Å². The summed E-state index contributed by atoms with van der Waals surface area (Å²) in [7, 11) is 0. The highest BCUT2D eigenvalue weighted by Gasteiger charge is 2.16. The third-order valence-electron chi connectivity index (χ3n) is 3.21. The van der Waals surface area contributed by atoms with E-state index in [0.29, 0.717) is 10.6 Å². The minimum absolute atomic E-state index is 0.0353. The molecule has 0 radical (unpaired) electrons. The second kappa shape index (κ2) is 6.53. The lowest BCUT2D eigenvalue weighted by Gasteiger charge is -2.21. The fourth-order valence-electron chi connectivity index (χ4n) is 2.08. The van der Waals surface area contributed by atoms with Crippen LogP contribution in [0.5, 0.6) is 0 Å². The van der Waals surface area contributed by atoms with Gasteiger partial charge in [0.1, 0.15) is 5.82 Å². The van der Waals surface area contributed by atoms with E-state index in [9.17, 15) is 4.39 Å². The van der Waals surface area contributed by atoms with Gasteiger partial charge in [0.2, 0.25) is 0 Å². The van der Waals surface area contributed by atoms with E-state index in [0.717, 1.165) is 5.56 Å². The monoisotopic (exact) mass is 312 g/mol. The van der Waals surface area contributed by atoms with Crippen LogP contribution in [0.15, 0.2) is 36.7 Å². The van der Waals surface area contributed by atoms with Gasteiger partial charge >= 0.3 is 0 Å². The zero-order valence-electron chi connectivity index (χ0n) is 11.2. The molecule has 106 valence electrons. The summed E-state index contributed by atoms with van der Waals surface area (Å²) < 4.78 is 13.6. The van der Waals surface area contributed by atoms with Crippen molar-refractivity contribution in [1.29, 1.82) is 0 Å². The van der Waals surface area contributed by atoms with E-state index in [1.807, 2.05) is 26.0 Å². The Kier molecular flexibility index (Phi) is 4.97. The topological polar surface area (TPSA) is 24.9 Å². The number of nitrogens with zero attached hydrogens (tertiary/aromatic N) is 1. The molecule has 2 aromatic rings. The van der Waals surface area contributed by atoms with E-state index in [-0.39, 0.29) is 17.1 Å². The van der Waals surface area contributed by atoms with Crippen LogP contribution in [0.3, 0.4) is 0 Å². The largest absolute Gasteiger partial charge is 0.304 e. The molecule has 0 bridgehead atoms. The smallest absolute Gasteiger partial charge is 0.142 e. The first kappa shape index (κ1) is 15.2. The molecule has 0 aliphatic rings. The Morgan fingerprint density at radius 1 is 1.05 bits per heavy atom. The molecule has 0 saturated heterocycles. The molecular weight excluding hydrogens is 298 g/mol. The van der Waals surface area contributed by atoms with Gasteiger partial charge in [-0.2, -0.15) is 0 Å². The molecule has 1 aromatic carbocycles. The normalized spacial score (nSPS) is 14.1. The molecule has 1 N–H and O–H groups in total. The van der Waals surface area contributed by atoms with Gasteiger partial charge in [0, 0.05) is 29.5 Å². The molecule has 0 aliphatic heterocycles. The molecule has 5 heteroatoms. The van der Waals surface area contributed by atoms with E-state index >= 15 is 0 Å². The predicted octanol–water partition coefficient (Wildman–Crippen LogP) is 4.94. The number of pyridine rings is 1. The maximum absolute atomic E-state index is 13.6. The Hall–Kier alpha value is -1.16. The second-order valence-corrected chi connectivity index (χ2v) is 5.49. The van der Waals surface area contributed by atoms with Crippen LogP contribution in [0.25, 0.3) is 0 Å². The van der Waals surface area contributed by atoms with E-state index in [1.165, 1.54) is 12.1 Å². The zero-order valence-corrected chi connectivity index (χ0v) is 12.7. The Labute approximate surface area is 127 Å². The van der Waals surface area contributed by atoms with Crippen molar-refractivity contribution in [1.82, 2.24) is 10.3 Å². The van der Waals surface area contributed by atoms with Crippen LogP contribution in [0, 0.1) is 5.82 Å². The second-order valence-electron chi connectivity index (χ2n) is 4.68. The van der Waals surface area contributed by atoms with Crippen molar-refractivity contribution in [2.75, 3.05) is 0 Å². The molecular formula is C15H15Cl2FN2. The first-order chi connectivity index (χ1) is 9.49. The van der Waals surface area contributed by atoms with E-state index in [4.69, 9.17) is 23.2 Å². The van der Waals surface area contributed by atoms with Gasteiger partial charge in [0.25, 0.3) is 0 Å². The lowest BCUT2D eigenvalue weighted by molar-refractivity contribution is 0.492. The molecule has 20 heavy (non-hydrogen) atoms. The average Bonchev–Trinajstić information content (AvgIpc) is 2.43. The molecule has 0 spiro atoms. The fraction of sp³-hybridized carbons (Fsp3) is 0.267. The van der Waals surface area contributed by atoms with Crippen LogP contribution in [0.4, 0.5) is 4.39 Å². The predicted molar refractivity (Wildman–Crippen MR) is 80.6 cm³/mol. The fourth-order valence-corrected chi connectivity index (χ4v) is 2.63. The average molecular weight is 313 g/mol. The van der Waals surface area contributed by atoms with Crippen LogP contribution in [-0.4, -0.2) is 4.98 Å². The minimum Gasteiger partial charge on any atom is -0.304 e. The standard InChI is InChI=1S/C15H15Cl2FN2/c1-9(11-3-5-19-6-4-11)20-10(2)12-7-15(18)14(17)8-13(12)16/h3-10,20H,1-2H3. The number of benzene rings is 1.